The van der Waals surface area contributed by atoms with Crippen molar-refractivity contribution in [3.05, 3.63) is 35.9 Å². The van der Waals surface area contributed by atoms with E-state index in [-0.39, 0.29) is 5.54 Å². The Balaban J connectivity index is 2.18. The van der Waals surface area contributed by atoms with E-state index in [0.29, 0.717) is 6.04 Å². The summed E-state index contributed by atoms with van der Waals surface area (Å²) in [6.07, 6.45) is 3.76. The monoisotopic (exact) mass is 260 g/mol. The molecular formula is C17H28N2. The largest absolute Gasteiger partial charge is 0.330 e. The maximum atomic E-state index is 5.79. The van der Waals surface area contributed by atoms with E-state index in [1.54, 1.807) is 0 Å². The Labute approximate surface area is 118 Å². The maximum absolute atomic E-state index is 5.79. The average molecular weight is 260 g/mol. The molecule has 0 amide bonds. The van der Waals surface area contributed by atoms with Crippen LogP contribution in [0.2, 0.25) is 0 Å². The molecule has 0 spiro atoms. The number of benzene rings is 1. The predicted molar refractivity (Wildman–Crippen MR) is 82.0 cm³/mol. The van der Waals surface area contributed by atoms with Crippen molar-refractivity contribution in [2.45, 2.75) is 51.6 Å². The summed E-state index contributed by atoms with van der Waals surface area (Å²) in [4.78, 5) is 2.67. The van der Waals surface area contributed by atoms with Gasteiger partial charge in [-0.2, -0.15) is 0 Å². The molecule has 2 N–H and O–H groups in total. The van der Waals surface area contributed by atoms with Gasteiger partial charge in [-0.25, -0.2) is 0 Å². The van der Waals surface area contributed by atoms with Gasteiger partial charge in [0.1, 0.15) is 0 Å². The van der Waals surface area contributed by atoms with Crippen LogP contribution in [0.25, 0.3) is 0 Å². The molecule has 0 aliphatic carbocycles. The van der Waals surface area contributed by atoms with Gasteiger partial charge < -0.3 is 5.73 Å². The van der Waals surface area contributed by atoms with E-state index >= 15 is 0 Å². The Morgan fingerprint density at radius 2 is 2.00 bits per heavy atom. The van der Waals surface area contributed by atoms with Crippen molar-refractivity contribution < 1.29 is 0 Å². The van der Waals surface area contributed by atoms with E-state index in [2.05, 4.69) is 56.0 Å². The summed E-state index contributed by atoms with van der Waals surface area (Å²) in [6.45, 7) is 9.13. The third-order valence-corrected chi connectivity index (χ3v) is 4.96. The maximum Gasteiger partial charge on any atom is 0.0325 e. The molecule has 1 fully saturated rings. The lowest BCUT2D eigenvalue weighted by Crippen LogP contribution is -2.54. The quantitative estimate of drug-likeness (QED) is 0.896. The van der Waals surface area contributed by atoms with E-state index in [4.69, 9.17) is 5.73 Å². The second-order valence-corrected chi connectivity index (χ2v) is 6.35. The molecule has 0 radical (unpaired) electrons. The molecule has 1 aliphatic rings. The lowest BCUT2D eigenvalue weighted by Gasteiger charge is -2.51. The van der Waals surface area contributed by atoms with Gasteiger partial charge >= 0.3 is 0 Å². The van der Waals surface area contributed by atoms with Crippen LogP contribution in [0.4, 0.5) is 0 Å². The van der Waals surface area contributed by atoms with Crippen LogP contribution in [-0.4, -0.2) is 23.5 Å². The van der Waals surface area contributed by atoms with E-state index in [1.165, 1.54) is 24.9 Å². The van der Waals surface area contributed by atoms with Crippen molar-refractivity contribution in [1.29, 1.82) is 0 Å². The molecule has 0 saturated carbocycles. The first kappa shape index (κ1) is 14.5. The van der Waals surface area contributed by atoms with E-state index < -0.39 is 0 Å². The SMILES string of the molecule is CC(c1ccccc1)N1CCCC(CCN)C1(C)C. The third kappa shape index (κ3) is 3.01. The fraction of sp³-hybridized carbons (Fsp3) is 0.647. The molecule has 106 valence electrons. The summed E-state index contributed by atoms with van der Waals surface area (Å²) >= 11 is 0. The van der Waals surface area contributed by atoms with Gasteiger partial charge in [-0.15, -0.1) is 0 Å². The summed E-state index contributed by atoms with van der Waals surface area (Å²) in [5, 5.41) is 0. The highest BCUT2D eigenvalue weighted by Gasteiger charge is 2.40. The Kier molecular flexibility index (Phi) is 4.64. The molecule has 2 rings (SSSR count). The minimum atomic E-state index is 0.243. The summed E-state index contributed by atoms with van der Waals surface area (Å²) in [6, 6.07) is 11.3. The number of likely N-dealkylation sites (tertiary alicyclic amines) is 1. The van der Waals surface area contributed by atoms with Gasteiger partial charge in [-0.3, -0.25) is 4.90 Å². The molecule has 1 saturated heterocycles. The van der Waals surface area contributed by atoms with Gasteiger partial charge in [0.2, 0.25) is 0 Å². The minimum absolute atomic E-state index is 0.243. The van der Waals surface area contributed by atoms with Crippen molar-refractivity contribution >= 4 is 0 Å². The molecule has 2 nitrogen and oxygen atoms in total. The van der Waals surface area contributed by atoms with Crippen molar-refractivity contribution in [2.24, 2.45) is 11.7 Å². The fourth-order valence-corrected chi connectivity index (χ4v) is 3.69. The lowest BCUT2D eigenvalue weighted by atomic mass is 9.76. The summed E-state index contributed by atoms with van der Waals surface area (Å²) in [7, 11) is 0. The number of hydrogen-bond acceptors (Lipinski definition) is 2. The van der Waals surface area contributed by atoms with E-state index in [0.717, 1.165) is 18.9 Å². The molecule has 1 aromatic carbocycles. The van der Waals surface area contributed by atoms with Crippen LogP contribution in [0.3, 0.4) is 0 Å². The van der Waals surface area contributed by atoms with E-state index in [9.17, 15) is 0 Å². The number of nitrogens with zero attached hydrogens (tertiary/aromatic N) is 1. The van der Waals surface area contributed by atoms with Crippen molar-refractivity contribution in [1.82, 2.24) is 4.90 Å². The summed E-state index contributed by atoms with van der Waals surface area (Å²) < 4.78 is 0. The van der Waals surface area contributed by atoms with Gasteiger partial charge in [0.05, 0.1) is 0 Å². The topological polar surface area (TPSA) is 29.3 Å². The van der Waals surface area contributed by atoms with Crippen LogP contribution >= 0.6 is 0 Å². The number of piperidine rings is 1. The molecule has 2 heteroatoms. The van der Waals surface area contributed by atoms with Gasteiger partial charge in [-0.1, -0.05) is 30.3 Å². The minimum Gasteiger partial charge on any atom is -0.330 e. The van der Waals surface area contributed by atoms with Crippen molar-refractivity contribution in [3.63, 3.8) is 0 Å². The predicted octanol–water partition coefficient (Wildman–Crippen LogP) is 3.59. The van der Waals surface area contributed by atoms with Gasteiger partial charge in [0, 0.05) is 11.6 Å². The highest BCUT2D eigenvalue weighted by Crippen LogP contribution is 2.40. The van der Waals surface area contributed by atoms with Crippen LogP contribution in [0.5, 0.6) is 0 Å². The molecule has 1 aromatic rings. The van der Waals surface area contributed by atoms with Crippen molar-refractivity contribution in [2.75, 3.05) is 13.1 Å². The first-order valence-corrected chi connectivity index (χ1v) is 7.59. The zero-order valence-corrected chi connectivity index (χ0v) is 12.6. The Morgan fingerprint density at radius 1 is 1.32 bits per heavy atom. The zero-order chi connectivity index (χ0) is 13.9. The molecule has 19 heavy (non-hydrogen) atoms. The second-order valence-electron chi connectivity index (χ2n) is 6.35. The molecule has 2 unspecified atom stereocenters. The standard InChI is InChI=1S/C17H28N2/c1-14(15-8-5-4-6-9-15)19-13-7-10-16(11-12-18)17(19,2)3/h4-6,8-9,14,16H,7,10-13,18H2,1-3H3. The Morgan fingerprint density at radius 3 is 2.63 bits per heavy atom. The molecular weight excluding hydrogens is 232 g/mol. The molecule has 0 bridgehead atoms. The number of nitrogens with two attached hydrogens (primary N) is 1. The molecule has 1 aliphatic heterocycles. The second kappa shape index (κ2) is 6.06. The van der Waals surface area contributed by atoms with Crippen LogP contribution in [0, 0.1) is 5.92 Å². The highest BCUT2D eigenvalue weighted by atomic mass is 15.2. The van der Waals surface area contributed by atoms with E-state index in [1.807, 2.05) is 0 Å². The highest BCUT2D eigenvalue weighted by molar-refractivity contribution is 5.19. The number of rotatable bonds is 4. The molecule has 0 aromatic heterocycles. The Hall–Kier alpha value is -0.860. The fourth-order valence-electron chi connectivity index (χ4n) is 3.69. The van der Waals surface area contributed by atoms with Gasteiger partial charge in [0.25, 0.3) is 0 Å². The first-order chi connectivity index (χ1) is 9.07. The van der Waals surface area contributed by atoms with Crippen LogP contribution < -0.4 is 5.73 Å². The number of hydrogen-bond donors (Lipinski definition) is 1. The summed E-state index contributed by atoms with van der Waals surface area (Å²) in [5.74, 6) is 0.720. The zero-order valence-electron chi connectivity index (χ0n) is 12.6. The first-order valence-electron chi connectivity index (χ1n) is 7.59. The van der Waals surface area contributed by atoms with Crippen LogP contribution in [-0.2, 0) is 0 Å². The smallest absolute Gasteiger partial charge is 0.0325 e. The average Bonchev–Trinajstić information content (AvgIpc) is 2.41. The Bertz CT molecular complexity index is 384. The molecule has 2 atom stereocenters. The van der Waals surface area contributed by atoms with Gasteiger partial charge in [0.15, 0.2) is 0 Å². The third-order valence-electron chi connectivity index (χ3n) is 4.96. The normalized spacial score (nSPS) is 25.2. The van der Waals surface area contributed by atoms with Gasteiger partial charge in [-0.05, 0) is 64.6 Å². The lowest BCUT2D eigenvalue weighted by molar-refractivity contribution is -0.0105. The van der Waals surface area contributed by atoms with Crippen LogP contribution in [0.15, 0.2) is 30.3 Å². The van der Waals surface area contributed by atoms with Crippen LogP contribution in [0.1, 0.15) is 51.6 Å². The molecule has 1 heterocycles. The van der Waals surface area contributed by atoms with Crippen molar-refractivity contribution in [3.8, 4) is 0 Å². The summed E-state index contributed by atoms with van der Waals surface area (Å²) in [5.41, 5.74) is 7.46.